The van der Waals surface area contributed by atoms with Crippen LogP contribution < -0.4 is 5.73 Å². The van der Waals surface area contributed by atoms with Crippen molar-refractivity contribution in [1.29, 1.82) is 0 Å². The predicted octanol–water partition coefficient (Wildman–Crippen LogP) is 2.93. The lowest BCUT2D eigenvalue weighted by atomic mass is 9.97. The second-order valence-electron chi connectivity index (χ2n) is 6.24. The molecule has 27 heavy (non-hydrogen) atoms. The summed E-state index contributed by atoms with van der Waals surface area (Å²) in [7, 11) is 0. The van der Waals surface area contributed by atoms with Gasteiger partial charge in [-0.15, -0.1) is 0 Å². The van der Waals surface area contributed by atoms with Gasteiger partial charge >= 0.3 is 18.1 Å². The van der Waals surface area contributed by atoms with E-state index in [9.17, 15) is 22.8 Å². The summed E-state index contributed by atoms with van der Waals surface area (Å²) in [5.74, 6) is -6.39. The lowest BCUT2D eigenvalue weighted by Crippen LogP contribution is -2.50. The monoisotopic (exact) mass is 379 g/mol. The van der Waals surface area contributed by atoms with Crippen molar-refractivity contribution in [2.24, 2.45) is 11.7 Å². The van der Waals surface area contributed by atoms with Gasteiger partial charge in [-0.3, -0.25) is 9.59 Å². The van der Waals surface area contributed by atoms with Gasteiger partial charge in [0.2, 0.25) is 0 Å². The van der Waals surface area contributed by atoms with E-state index >= 15 is 0 Å². The van der Waals surface area contributed by atoms with Crippen molar-refractivity contribution in [1.82, 2.24) is 0 Å². The van der Waals surface area contributed by atoms with Crippen LogP contribution in [-0.2, 0) is 14.3 Å². The van der Waals surface area contributed by atoms with Crippen LogP contribution in [0.2, 0.25) is 0 Å². The maximum absolute atomic E-state index is 12.8. The number of carboxylic acid groups (broad SMARTS) is 1. The summed E-state index contributed by atoms with van der Waals surface area (Å²) < 4.78 is 43.3. The molecule has 0 radical (unpaired) electrons. The fraction of sp³-hybridized carbons (Fsp3) is 0.263. The van der Waals surface area contributed by atoms with E-state index in [4.69, 9.17) is 15.6 Å². The lowest BCUT2D eigenvalue weighted by Gasteiger charge is -2.22. The average molecular weight is 379 g/mol. The molecule has 5 nitrogen and oxygen atoms in total. The molecule has 2 aromatic carbocycles. The summed E-state index contributed by atoms with van der Waals surface area (Å²) in [6.07, 6.45) is -5.03. The first kappa shape index (κ1) is 18.9. The fourth-order valence-corrected chi connectivity index (χ4v) is 3.28. The third-order valence-corrected chi connectivity index (χ3v) is 4.61. The Morgan fingerprint density at radius 2 is 1.52 bits per heavy atom. The van der Waals surface area contributed by atoms with E-state index in [1.54, 1.807) is 12.1 Å². The minimum atomic E-state index is -5.03. The molecule has 0 aromatic heterocycles. The second-order valence-corrected chi connectivity index (χ2v) is 6.24. The Morgan fingerprint density at radius 3 is 1.96 bits per heavy atom. The number of hydrogen-bond acceptors (Lipinski definition) is 4. The van der Waals surface area contributed by atoms with Crippen LogP contribution in [-0.4, -0.2) is 35.9 Å². The maximum atomic E-state index is 12.8. The number of carbonyl (C=O) groups excluding carboxylic acids is 1. The Kier molecular flexibility index (Phi) is 4.93. The third-order valence-electron chi connectivity index (χ3n) is 4.61. The standard InChI is InChI=1S/C19H16F3NO4/c20-19(21,22)16(23)15(17(24)25)18(26)27-9-14-12-7-3-1-5-10(12)11-6-2-4-8-13(11)14/h1-8,14-16H,9,23H2,(H,24,25)/t15-,16+/m1/s1. The van der Waals surface area contributed by atoms with Crippen LogP contribution >= 0.6 is 0 Å². The number of aliphatic carboxylic acids is 1. The molecule has 0 saturated heterocycles. The Bertz CT molecular complexity index is 836. The van der Waals surface area contributed by atoms with Crippen molar-refractivity contribution in [3.8, 4) is 11.1 Å². The van der Waals surface area contributed by atoms with Crippen molar-refractivity contribution in [3.05, 3.63) is 59.7 Å². The number of benzene rings is 2. The Hall–Kier alpha value is -2.87. The van der Waals surface area contributed by atoms with Crippen molar-refractivity contribution < 1.29 is 32.6 Å². The molecule has 0 fully saturated rings. The highest BCUT2D eigenvalue weighted by Gasteiger charge is 2.49. The number of rotatable bonds is 5. The van der Waals surface area contributed by atoms with Crippen LogP contribution in [0, 0.1) is 5.92 Å². The number of nitrogens with two attached hydrogens (primary N) is 1. The molecule has 0 heterocycles. The topological polar surface area (TPSA) is 89.6 Å². The van der Waals surface area contributed by atoms with E-state index in [-0.39, 0.29) is 6.61 Å². The summed E-state index contributed by atoms with van der Waals surface area (Å²) in [6.45, 7) is -0.277. The minimum Gasteiger partial charge on any atom is -0.481 e. The van der Waals surface area contributed by atoms with Gasteiger partial charge in [-0.1, -0.05) is 48.5 Å². The smallest absolute Gasteiger partial charge is 0.405 e. The number of carbonyl (C=O) groups is 2. The number of ether oxygens (including phenoxy) is 1. The number of esters is 1. The first-order chi connectivity index (χ1) is 12.7. The van der Waals surface area contributed by atoms with E-state index < -0.39 is 36.0 Å². The molecule has 0 unspecified atom stereocenters. The molecular weight excluding hydrogens is 363 g/mol. The molecule has 1 aliphatic carbocycles. The molecule has 2 aromatic rings. The number of carboxylic acids is 1. The quantitative estimate of drug-likeness (QED) is 0.616. The molecule has 3 rings (SSSR count). The molecule has 8 heteroatoms. The Labute approximate surface area is 152 Å². The summed E-state index contributed by atoms with van der Waals surface area (Å²) in [5, 5.41) is 9.00. The van der Waals surface area contributed by atoms with Crippen LogP contribution in [0.4, 0.5) is 13.2 Å². The van der Waals surface area contributed by atoms with Gasteiger partial charge < -0.3 is 15.6 Å². The van der Waals surface area contributed by atoms with E-state index in [0.717, 1.165) is 22.3 Å². The number of halogens is 3. The first-order valence-electron chi connectivity index (χ1n) is 8.11. The normalized spacial score (nSPS) is 15.6. The zero-order valence-electron chi connectivity index (χ0n) is 13.9. The minimum absolute atomic E-state index is 0.277. The van der Waals surface area contributed by atoms with Gasteiger partial charge in [0.15, 0.2) is 5.92 Å². The average Bonchev–Trinajstić information content (AvgIpc) is 2.93. The number of alkyl halides is 3. The van der Waals surface area contributed by atoms with Crippen LogP contribution in [0.5, 0.6) is 0 Å². The van der Waals surface area contributed by atoms with E-state index in [1.807, 2.05) is 36.4 Å². The van der Waals surface area contributed by atoms with Crippen molar-refractivity contribution in [2.75, 3.05) is 6.61 Å². The molecule has 1 aliphatic rings. The van der Waals surface area contributed by atoms with Crippen LogP contribution in [0.1, 0.15) is 17.0 Å². The highest BCUT2D eigenvalue weighted by atomic mass is 19.4. The summed E-state index contributed by atoms with van der Waals surface area (Å²) in [5.41, 5.74) is 8.53. The SMILES string of the molecule is N[C@@H]([C@H](C(=O)O)C(=O)OCC1c2ccccc2-c2ccccc21)C(F)(F)F. The van der Waals surface area contributed by atoms with Gasteiger partial charge in [-0.2, -0.15) is 13.2 Å². The van der Waals surface area contributed by atoms with Crippen LogP contribution in [0.3, 0.4) is 0 Å². The summed E-state index contributed by atoms with van der Waals surface area (Å²) >= 11 is 0. The summed E-state index contributed by atoms with van der Waals surface area (Å²) in [4.78, 5) is 23.2. The molecule has 0 amide bonds. The number of hydrogen-bond donors (Lipinski definition) is 2. The molecule has 0 bridgehead atoms. The molecule has 0 saturated carbocycles. The van der Waals surface area contributed by atoms with Crippen LogP contribution in [0.25, 0.3) is 11.1 Å². The molecular formula is C19H16F3NO4. The zero-order chi connectivity index (χ0) is 19.8. The summed E-state index contributed by atoms with van der Waals surface area (Å²) in [6, 6.07) is 11.9. The van der Waals surface area contributed by atoms with Gasteiger partial charge in [0.25, 0.3) is 0 Å². The van der Waals surface area contributed by atoms with Crippen molar-refractivity contribution in [2.45, 2.75) is 18.1 Å². The fourth-order valence-electron chi connectivity index (χ4n) is 3.28. The lowest BCUT2D eigenvalue weighted by molar-refractivity contribution is -0.185. The molecule has 3 N–H and O–H groups in total. The predicted molar refractivity (Wildman–Crippen MR) is 89.8 cm³/mol. The van der Waals surface area contributed by atoms with E-state index in [0.29, 0.717) is 0 Å². The highest BCUT2D eigenvalue weighted by Crippen LogP contribution is 2.44. The Morgan fingerprint density at radius 1 is 1.04 bits per heavy atom. The number of fused-ring (bicyclic) bond motifs is 3. The van der Waals surface area contributed by atoms with Gasteiger partial charge in [0, 0.05) is 5.92 Å². The van der Waals surface area contributed by atoms with Gasteiger partial charge in [0.05, 0.1) is 0 Å². The first-order valence-corrected chi connectivity index (χ1v) is 8.11. The highest BCUT2D eigenvalue weighted by molar-refractivity contribution is 5.95. The second kappa shape index (κ2) is 7.03. The largest absolute Gasteiger partial charge is 0.481 e. The van der Waals surface area contributed by atoms with Gasteiger partial charge in [-0.25, -0.2) is 0 Å². The zero-order valence-corrected chi connectivity index (χ0v) is 13.9. The molecule has 2 atom stereocenters. The van der Waals surface area contributed by atoms with Crippen molar-refractivity contribution in [3.63, 3.8) is 0 Å². The van der Waals surface area contributed by atoms with Gasteiger partial charge in [0.1, 0.15) is 12.6 Å². The molecule has 142 valence electrons. The van der Waals surface area contributed by atoms with E-state index in [2.05, 4.69) is 0 Å². The van der Waals surface area contributed by atoms with Crippen molar-refractivity contribution >= 4 is 11.9 Å². The van der Waals surface area contributed by atoms with E-state index in [1.165, 1.54) is 0 Å². The van der Waals surface area contributed by atoms with Gasteiger partial charge in [-0.05, 0) is 22.3 Å². The molecule has 0 spiro atoms. The van der Waals surface area contributed by atoms with Crippen LogP contribution in [0.15, 0.2) is 48.5 Å². The Balaban J connectivity index is 1.82. The third kappa shape index (κ3) is 3.52. The molecule has 0 aliphatic heterocycles. The maximum Gasteiger partial charge on any atom is 0.405 e.